The number of aromatic amines is 1. The van der Waals surface area contributed by atoms with E-state index < -0.39 is 0 Å². The number of nitrogens with zero attached hydrogens (tertiary/aromatic N) is 3. The molecule has 0 spiro atoms. The van der Waals surface area contributed by atoms with E-state index in [0.29, 0.717) is 25.3 Å². The van der Waals surface area contributed by atoms with Crippen molar-refractivity contribution in [1.29, 1.82) is 0 Å². The van der Waals surface area contributed by atoms with Gasteiger partial charge in [-0.3, -0.25) is 14.7 Å². The number of carbonyl (C=O) groups is 2. The lowest BCUT2D eigenvalue weighted by atomic mass is 9.98. The highest BCUT2D eigenvalue weighted by Crippen LogP contribution is 2.22. The fourth-order valence-electron chi connectivity index (χ4n) is 2.74. The van der Waals surface area contributed by atoms with Gasteiger partial charge in [-0.05, 0) is 25.2 Å². The molecule has 1 aliphatic rings. The van der Waals surface area contributed by atoms with Gasteiger partial charge in [0, 0.05) is 26.2 Å². The second kappa shape index (κ2) is 6.74. The lowest BCUT2D eigenvalue weighted by Crippen LogP contribution is -2.52. The van der Waals surface area contributed by atoms with Gasteiger partial charge in [0.25, 0.3) is 0 Å². The molecule has 1 aromatic heterocycles. The van der Waals surface area contributed by atoms with E-state index >= 15 is 0 Å². The summed E-state index contributed by atoms with van der Waals surface area (Å²) in [5.74, 6) is 0.410. The minimum atomic E-state index is -0.377. The zero-order valence-electron chi connectivity index (χ0n) is 13.0. The standard InChI is InChI=1S/C15H24N4O2/c1-11(2)8-13(19-7-5-4-6-14(19)20)15(21)18(3)12-9-16-17-10-12/h9-11,13H,4-8H2,1-3H3,(H,16,17)/t13-/m1/s1. The first-order valence-electron chi connectivity index (χ1n) is 7.56. The Balaban J connectivity index is 2.18. The molecule has 0 bridgehead atoms. The molecule has 2 heterocycles. The predicted molar refractivity (Wildman–Crippen MR) is 80.8 cm³/mol. The lowest BCUT2D eigenvalue weighted by Gasteiger charge is -2.36. The van der Waals surface area contributed by atoms with Gasteiger partial charge >= 0.3 is 0 Å². The molecule has 0 aliphatic carbocycles. The van der Waals surface area contributed by atoms with E-state index in [1.165, 1.54) is 0 Å². The number of likely N-dealkylation sites (tertiary alicyclic amines) is 1. The van der Waals surface area contributed by atoms with Crippen molar-refractivity contribution in [1.82, 2.24) is 15.1 Å². The summed E-state index contributed by atoms with van der Waals surface area (Å²) in [5.41, 5.74) is 0.721. The molecular weight excluding hydrogens is 268 g/mol. The molecule has 2 amide bonds. The maximum absolute atomic E-state index is 12.8. The van der Waals surface area contributed by atoms with Crippen LogP contribution in [0.1, 0.15) is 39.5 Å². The van der Waals surface area contributed by atoms with Gasteiger partial charge in [-0.25, -0.2) is 0 Å². The molecule has 1 fully saturated rings. The molecule has 1 N–H and O–H groups in total. The summed E-state index contributed by atoms with van der Waals surface area (Å²) in [6.07, 6.45) is 6.44. The third kappa shape index (κ3) is 3.62. The summed E-state index contributed by atoms with van der Waals surface area (Å²) in [6.45, 7) is 4.83. The van der Waals surface area contributed by atoms with Crippen LogP contribution >= 0.6 is 0 Å². The molecule has 1 aliphatic heterocycles. The number of aromatic nitrogens is 2. The number of hydrogen-bond acceptors (Lipinski definition) is 3. The number of amides is 2. The number of nitrogens with one attached hydrogen (secondary N) is 1. The third-order valence-corrected chi connectivity index (χ3v) is 3.92. The average molecular weight is 292 g/mol. The number of rotatable bonds is 5. The smallest absolute Gasteiger partial charge is 0.249 e. The van der Waals surface area contributed by atoms with Crippen LogP contribution in [0.15, 0.2) is 12.4 Å². The molecule has 1 aromatic rings. The van der Waals surface area contributed by atoms with Crippen molar-refractivity contribution in [3.05, 3.63) is 12.4 Å². The molecule has 1 atom stereocenters. The highest BCUT2D eigenvalue weighted by molar-refractivity contribution is 5.98. The van der Waals surface area contributed by atoms with E-state index in [2.05, 4.69) is 24.0 Å². The molecule has 0 saturated carbocycles. The summed E-state index contributed by atoms with van der Waals surface area (Å²) < 4.78 is 0. The van der Waals surface area contributed by atoms with Crippen LogP contribution in [-0.2, 0) is 9.59 Å². The Morgan fingerprint density at radius 3 is 2.81 bits per heavy atom. The Morgan fingerprint density at radius 1 is 1.48 bits per heavy atom. The molecule has 6 heteroatoms. The van der Waals surface area contributed by atoms with Crippen LogP contribution in [0.5, 0.6) is 0 Å². The number of hydrogen-bond donors (Lipinski definition) is 1. The summed E-state index contributed by atoms with van der Waals surface area (Å²) in [5, 5.41) is 6.58. The Morgan fingerprint density at radius 2 is 2.24 bits per heavy atom. The topological polar surface area (TPSA) is 69.3 Å². The summed E-state index contributed by atoms with van der Waals surface area (Å²) >= 11 is 0. The highest BCUT2D eigenvalue weighted by Gasteiger charge is 2.33. The first kappa shape index (κ1) is 15.5. The molecule has 21 heavy (non-hydrogen) atoms. The zero-order valence-corrected chi connectivity index (χ0v) is 13.0. The lowest BCUT2D eigenvalue weighted by molar-refractivity contribution is -0.141. The van der Waals surface area contributed by atoms with E-state index in [-0.39, 0.29) is 17.9 Å². The number of H-pyrrole nitrogens is 1. The molecular formula is C15H24N4O2. The minimum Gasteiger partial charge on any atom is -0.331 e. The van der Waals surface area contributed by atoms with Crippen molar-refractivity contribution in [3.63, 3.8) is 0 Å². The van der Waals surface area contributed by atoms with Crippen molar-refractivity contribution in [2.75, 3.05) is 18.5 Å². The van der Waals surface area contributed by atoms with Crippen molar-refractivity contribution in [2.45, 2.75) is 45.6 Å². The maximum Gasteiger partial charge on any atom is 0.249 e. The number of likely N-dealkylation sites (N-methyl/N-ethyl adjacent to an activating group) is 1. The van der Waals surface area contributed by atoms with Gasteiger partial charge in [0.2, 0.25) is 11.8 Å². The minimum absolute atomic E-state index is 0.0413. The Kier molecular flexibility index (Phi) is 4.98. The summed E-state index contributed by atoms with van der Waals surface area (Å²) in [4.78, 5) is 28.3. The molecule has 6 nitrogen and oxygen atoms in total. The van der Waals surface area contributed by atoms with Crippen LogP contribution in [0, 0.1) is 5.92 Å². The monoisotopic (exact) mass is 292 g/mol. The van der Waals surface area contributed by atoms with Gasteiger partial charge in [-0.2, -0.15) is 5.10 Å². The fraction of sp³-hybridized carbons (Fsp3) is 0.667. The fourth-order valence-corrected chi connectivity index (χ4v) is 2.74. The molecule has 116 valence electrons. The number of piperidine rings is 1. The number of carbonyl (C=O) groups excluding carboxylic acids is 2. The van der Waals surface area contributed by atoms with Gasteiger partial charge in [0.05, 0.1) is 11.9 Å². The molecule has 1 saturated heterocycles. The summed E-state index contributed by atoms with van der Waals surface area (Å²) in [6, 6.07) is -0.377. The van der Waals surface area contributed by atoms with Gasteiger partial charge in [-0.1, -0.05) is 13.8 Å². The van der Waals surface area contributed by atoms with Crippen LogP contribution < -0.4 is 4.90 Å². The SMILES string of the molecule is CC(C)C[C@H](C(=O)N(C)c1cn[nH]c1)N1CCCCC1=O. The van der Waals surface area contributed by atoms with Crippen LogP contribution in [-0.4, -0.2) is 46.5 Å². The van der Waals surface area contributed by atoms with Gasteiger partial charge in [0.15, 0.2) is 0 Å². The Hall–Kier alpha value is -1.85. The maximum atomic E-state index is 12.8. The largest absolute Gasteiger partial charge is 0.331 e. The second-order valence-corrected chi connectivity index (χ2v) is 6.04. The predicted octanol–water partition coefficient (Wildman–Crippen LogP) is 1.80. The zero-order chi connectivity index (χ0) is 15.4. The van der Waals surface area contributed by atoms with E-state index in [4.69, 9.17) is 0 Å². The second-order valence-electron chi connectivity index (χ2n) is 6.04. The van der Waals surface area contributed by atoms with Crippen LogP contribution in [0.25, 0.3) is 0 Å². The van der Waals surface area contributed by atoms with Gasteiger partial charge in [-0.15, -0.1) is 0 Å². The third-order valence-electron chi connectivity index (χ3n) is 3.92. The van der Waals surface area contributed by atoms with Crippen molar-refractivity contribution < 1.29 is 9.59 Å². The molecule has 2 rings (SSSR count). The van der Waals surface area contributed by atoms with E-state index in [1.807, 2.05) is 0 Å². The Labute approximate surface area is 125 Å². The van der Waals surface area contributed by atoms with Gasteiger partial charge < -0.3 is 9.80 Å². The van der Waals surface area contributed by atoms with Crippen molar-refractivity contribution in [3.8, 4) is 0 Å². The highest BCUT2D eigenvalue weighted by atomic mass is 16.2. The molecule has 0 radical (unpaired) electrons. The Bertz CT molecular complexity index is 484. The molecule has 0 unspecified atom stereocenters. The first-order chi connectivity index (χ1) is 10.0. The van der Waals surface area contributed by atoms with Crippen LogP contribution in [0.3, 0.4) is 0 Å². The van der Waals surface area contributed by atoms with E-state index in [9.17, 15) is 9.59 Å². The van der Waals surface area contributed by atoms with Crippen molar-refractivity contribution >= 4 is 17.5 Å². The van der Waals surface area contributed by atoms with Crippen LogP contribution in [0.4, 0.5) is 5.69 Å². The first-order valence-corrected chi connectivity index (χ1v) is 7.56. The number of anilines is 1. The average Bonchev–Trinajstić information content (AvgIpc) is 2.98. The van der Waals surface area contributed by atoms with Gasteiger partial charge in [0.1, 0.15) is 6.04 Å². The van der Waals surface area contributed by atoms with E-state index in [0.717, 1.165) is 18.5 Å². The summed E-state index contributed by atoms with van der Waals surface area (Å²) in [7, 11) is 1.73. The van der Waals surface area contributed by atoms with Crippen molar-refractivity contribution in [2.24, 2.45) is 5.92 Å². The van der Waals surface area contributed by atoms with Crippen LogP contribution in [0.2, 0.25) is 0 Å². The van der Waals surface area contributed by atoms with E-state index in [1.54, 1.807) is 29.2 Å². The normalized spacial score (nSPS) is 17.1. The quantitative estimate of drug-likeness (QED) is 0.899. The molecule has 0 aromatic carbocycles.